The van der Waals surface area contributed by atoms with E-state index in [1.165, 1.54) is 12.8 Å². The van der Waals surface area contributed by atoms with Gasteiger partial charge < -0.3 is 9.52 Å². The van der Waals surface area contributed by atoms with E-state index in [1.54, 1.807) is 0 Å². The number of nitrogens with zero attached hydrogens (tertiary/aromatic N) is 3. The number of aliphatic hydroxyl groups excluding tert-OH is 1. The molecule has 5 nitrogen and oxygen atoms in total. The molecule has 0 bridgehead atoms. The van der Waals surface area contributed by atoms with E-state index in [2.05, 4.69) is 15.1 Å². The van der Waals surface area contributed by atoms with Gasteiger partial charge >= 0.3 is 0 Å². The molecule has 0 amide bonds. The van der Waals surface area contributed by atoms with Gasteiger partial charge in [-0.2, -0.15) is 0 Å². The summed E-state index contributed by atoms with van der Waals surface area (Å²) in [5.41, 5.74) is 0. The van der Waals surface area contributed by atoms with Crippen molar-refractivity contribution in [1.82, 2.24) is 15.1 Å². The van der Waals surface area contributed by atoms with E-state index >= 15 is 0 Å². The molecule has 1 aliphatic carbocycles. The molecule has 100 valence electrons. The molecule has 0 aromatic carbocycles. The average molecular weight is 251 g/mol. The van der Waals surface area contributed by atoms with Crippen LogP contribution in [0.5, 0.6) is 0 Å². The molecule has 18 heavy (non-hydrogen) atoms. The van der Waals surface area contributed by atoms with Gasteiger partial charge in [0.05, 0.1) is 12.6 Å². The second-order valence-corrected chi connectivity index (χ2v) is 5.69. The summed E-state index contributed by atoms with van der Waals surface area (Å²) in [6.07, 6.45) is 4.41. The van der Waals surface area contributed by atoms with E-state index in [1.807, 2.05) is 6.92 Å². The summed E-state index contributed by atoms with van der Waals surface area (Å²) in [7, 11) is 0. The molecule has 1 N–H and O–H groups in total. The standard InChI is InChI=1S/C13H21N3O2/c1-9(17)11-3-2-6-16(7-11)8-12-14-15-13(18-12)10-4-5-10/h9-11,17H,2-8H2,1H3/t9-,11-/m0/s1. The topological polar surface area (TPSA) is 62.4 Å². The molecule has 1 aromatic heterocycles. The highest BCUT2D eigenvalue weighted by Crippen LogP contribution is 2.39. The van der Waals surface area contributed by atoms with Gasteiger partial charge in [-0.05, 0) is 45.1 Å². The molecule has 2 fully saturated rings. The lowest BCUT2D eigenvalue weighted by Crippen LogP contribution is -2.39. The smallest absolute Gasteiger partial charge is 0.230 e. The van der Waals surface area contributed by atoms with Gasteiger partial charge in [-0.3, -0.25) is 4.90 Å². The van der Waals surface area contributed by atoms with Crippen LogP contribution in [0.2, 0.25) is 0 Å². The zero-order valence-corrected chi connectivity index (χ0v) is 10.9. The van der Waals surface area contributed by atoms with Crippen LogP contribution in [-0.4, -0.2) is 39.4 Å². The van der Waals surface area contributed by atoms with E-state index in [0.717, 1.165) is 44.3 Å². The largest absolute Gasteiger partial charge is 0.424 e. The summed E-state index contributed by atoms with van der Waals surface area (Å²) < 4.78 is 5.68. The molecule has 2 atom stereocenters. The average Bonchev–Trinajstić information content (AvgIpc) is 3.11. The van der Waals surface area contributed by atoms with E-state index in [9.17, 15) is 5.11 Å². The van der Waals surface area contributed by atoms with Crippen LogP contribution < -0.4 is 0 Å². The SMILES string of the molecule is C[C@H](O)[C@H]1CCCN(Cc2nnc(C3CC3)o2)C1. The molecule has 1 saturated carbocycles. The quantitative estimate of drug-likeness (QED) is 0.879. The van der Waals surface area contributed by atoms with E-state index in [4.69, 9.17) is 4.42 Å². The Morgan fingerprint density at radius 1 is 1.39 bits per heavy atom. The number of aromatic nitrogens is 2. The van der Waals surface area contributed by atoms with Crippen LogP contribution in [0.1, 0.15) is 50.3 Å². The summed E-state index contributed by atoms with van der Waals surface area (Å²) in [6.45, 7) is 4.60. The van der Waals surface area contributed by atoms with Crippen LogP contribution in [0.4, 0.5) is 0 Å². The number of aliphatic hydroxyl groups is 1. The first-order valence-corrected chi connectivity index (χ1v) is 6.95. The lowest BCUT2D eigenvalue weighted by atomic mass is 9.93. The lowest BCUT2D eigenvalue weighted by molar-refractivity contribution is 0.0563. The molecule has 2 aliphatic rings. The van der Waals surface area contributed by atoms with Crippen LogP contribution in [0.15, 0.2) is 4.42 Å². The molecule has 0 spiro atoms. The van der Waals surface area contributed by atoms with Crippen LogP contribution >= 0.6 is 0 Å². The fourth-order valence-corrected chi connectivity index (χ4v) is 2.65. The van der Waals surface area contributed by atoms with Crippen molar-refractivity contribution in [1.29, 1.82) is 0 Å². The van der Waals surface area contributed by atoms with Crippen molar-refractivity contribution >= 4 is 0 Å². The Labute approximate surface area is 107 Å². The van der Waals surface area contributed by atoms with Crippen molar-refractivity contribution in [2.75, 3.05) is 13.1 Å². The van der Waals surface area contributed by atoms with Crippen LogP contribution in [-0.2, 0) is 6.54 Å². The third kappa shape index (κ3) is 2.72. The number of piperidine rings is 1. The van der Waals surface area contributed by atoms with Crippen LogP contribution in [0, 0.1) is 5.92 Å². The Morgan fingerprint density at radius 3 is 2.94 bits per heavy atom. The number of hydrogen-bond acceptors (Lipinski definition) is 5. The first-order valence-electron chi connectivity index (χ1n) is 6.95. The predicted octanol–water partition coefficient (Wildman–Crippen LogP) is 1.54. The van der Waals surface area contributed by atoms with Crippen molar-refractivity contribution in [3.63, 3.8) is 0 Å². The van der Waals surface area contributed by atoms with Gasteiger partial charge in [0.2, 0.25) is 11.8 Å². The number of likely N-dealkylation sites (tertiary alicyclic amines) is 1. The Balaban J connectivity index is 1.57. The molecule has 1 aromatic rings. The van der Waals surface area contributed by atoms with Gasteiger partial charge in [0.15, 0.2) is 0 Å². The zero-order chi connectivity index (χ0) is 12.5. The maximum atomic E-state index is 9.67. The Morgan fingerprint density at radius 2 is 2.22 bits per heavy atom. The minimum absolute atomic E-state index is 0.225. The highest BCUT2D eigenvalue weighted by Gasteiger charge is 2.30. The fourth-order valence-electron chi connectivity index (χ4n) is 2.65. The summed E-state index contributed by atoms with van der Waals surface area (Å²) in [4.78, 5) is 2.31. The predicted molar refractivity (Wildman–Crippen MR) is 66.0 cm³/mol. The highest BCUT2D eigenvalue weighted by atomic mass is 16.4. The summed E-state index contributed by atoms with van der Waals surface area (Å²) in [5.74, 6) is 2.44. The normalized spacial score (nSPS) is 27.3. The van der Waals surface area contributed by atoms with Crippen LogP contribution in [0.25, 0.3) is 0 Å². The lowest BCUT2D eigenvalue weighted by Gasteiger charge is -2.33. The molecule has 1 aliphatic heterocycles. The second-order valence-electron chi connectivity index (χ2n) is 5.69. The van der Waals surface area contributed by atoms with Crippen LogP contribution in [0.3, 0.4) is 0 Å². The van der Waals surface area contributed by atoms with Gasteiger partial charge in [0, 0.05) is 12.5 Å². The number of rotatable bonds is 4. The summed E-state index contributed by atoms with van der Waals surface area (Å²) >= 11 is 0. The maximum absolute atomic E-state index is 9.67. The van der Waals surface area contributed by atoms with Crippen molar-refractivity contribution in [3.05, 3.63) is 11.8 Å². The summed E-state index contributed by atoms with van der Waals surface area (Å²) in [5, 5.41) is 17.9. The molecule has 3 rings (SSSR count). The molecule has 1 saturated heterocycles. The molecular formula is C13H21N3O2. The Kier molecular flexibility index (Phi) is 3.35. The molecule has 5 heteroatoms. The second kappa shape index (κ2) is 4.97. The Hall–Kier alpha value is -0.940. The molecular weight excluding hydrogens is 230 g/mol. The van der Waals surface area contributed by atoms with Gasteiger partial charge in [0.1, 0.15) is 0 Å². The van der Waals surface area contributed by atoms with Gasteiger partial charge in [-0.25, -0.2) is 0 Å². The minimum Gasteiger partial charge on any atom is -0.424 e. The van der Waals surface area contributed by atoms with Gasteiger partial charge in [-0.15, -0.1) is 10.2 Å². The highest BCUT2D eigenvalue weighted by molar-refractivity contribution is 5.00. The van der Waals surface area contributed by atoms with Gasteiger partial charge in [0.25, 0.3) is 0 Å². The number of hydrogen-bond donors (Lipinski definition) is 1. The van der Waals surface area contributed by atoms with E-state index in [-0.39, 0.29) is 6.10 Å². The van der Waals surface area contributed by atoms with Gasteiger partial charge in [-0.1, -0.05) is 0 Å². The molecule has 2 heterocycles. The third-order valence-corrected chi connectivity index (χ3v) is 3.99. The van der Waals surface area contributed by atoms with Crippen molar-refractivity contribution < 1.29 is 9.52 Å². The zero-order valence-electron chi connectivity index (χ0n) is 10.9. The van der Waals surface area contributed by atoms with E-state index in [0.29, 0.717) is 11.8 Å². The molecule has 0 unspecified atom stereocenters. The van der Waals surface area contributed by atoms with Crippen molar-refractivity contribution in [2.45, 2.75) is 51.2 Å². The Bertz CT molecular complexity index is 401. The monoisotopic (exact) mass is 251 g/mol. The third-order valence-electron chi connectivity index (χ3n) is 3.99. The maximum Gasteiger partial charge on any atom is 0.230 e. The first kappa shape index (κ1) is 12.1. The minimum atomic E-state index is -0.225. The van der Waals surface area contributed by atoms with Crippen molar-refractivity contribution in [2.24, 2.45) is 5.92 Å². The van der Waals surface area contributed by atoms with Crippen molar-refractivity contribution in [3.8, 4) is 0 Å². The molecule has 0 radical (unpaired) electrons. The van der Waals surface area contributed by atoms with E-state index < -0.39 is 0 Å². The fraction of sp³-hybridized carbons (Fsp3) is 0.846. The first-order chi connectivity index (χ1) is 8.72. The summed E-state index contributed by atoms with van der Waals surface area (Å²) in [6, 6.07) is 0.